The van der Waals surface area contributed by atoms with E-state index in [1.165, 1.54) is 0 Å². The van der Waals surface area contributed by atoms with Gasteiger partial charge in [-0.3, -0.25) is 8.37 Å². The third-order valence-corrected chi connectivity index (χ3v) is 5.63. The van der Waals surface area contributed by atoms with Gasteiger partial charge in [-0.1, -0.05) is 0 Å². The monoisotopic (exact) mass is 610 g/mol. The van der Waals surface area contributed by atoms with Crippen LogP contribution >= 0.6 is 65.9 Å². The molecule has 0 saturated heterocycles. The Morgan fingerprint density at radius 1 is 0.500 bits per heavy atom. The van der Waals surface area contributed by atoms with Crippen molar-refractivity contribution in [2.24, 2.45) is 0 Å². The van der Waals surface area contributed by atoms with E-state index in [2.05, 4.69) is 16.7 Å². The quantitative estimate of drug-likeness (QED) is 0.213. The lowest BCUT2D eigenvalue weighted by Gasteiger charge is -2.32. The van der Waals surface area contributed by atoms with Crippen molar-refractivity contribution in [3.63, 3.8) is 0 Å². The van der Waals surface area contributed by atoms with Crippen LogP contribution in [-0.4, -0.2) is 69.8 Å². The fourth-order valence-corrected chi connectivity index (χ4v) is 5.19. The molecule has 0 heterocycles. The van der Waals surface area contributed by atoms with Crippen molar-refractivity contribution >= 4 is 103 Å². The van der Waals surface area contributed by atoms with Crippen LogP contribution in [0.25, 0.3) is 0 Å². The van der Waals surface area contributed by atoms with Crippen LogP contribution in [0.5, 0.6) is 0 Å². The molecule has 0 rings (SSSR count). The summed E-state index contributed by atoms with van der Waals surface area (Å²) in [4.78, 5) is 0. The van der Waals surface area contributed by atoms with Crippen molar-refractivity contribution < 1.29 is 50.4 Å². The van der Waals surface area contributed by atoms with E-state index in [1.807, 2.05) is 0 Å². The molecular formula is C6H8Cl6O12S4. The zero-order chi connectivity index (χ0) is 22.6. The molecular weight excluding hydrogens is 605 g/mol. The topological polar surface area (TPSA) is 173 Å². The van der Waals surface area contributed by atoms with E-state index < -0.39 is 73.5 Å². The molecule has 4 atom stereocenters. The zero-order valence-electron chi connectivity index (χ0n) is 12.5. The average molecular weight is 613 g/mol. The van der Waals surface area contributed by atoms with Gasteiger partial charge in [-0.15, -0.1) is 23.2 Å². The fraction of sp³-hybridized carbons (Fsp3) is 1.00. The SMILES string of the molecule is O=S(=O)(Cl)O[C@@H]([C@H](OS(=O)(=O)Cl)[C@@H](CCl)OS(=O)(=O)Cl)[C@@H](CCl)OS(=O)(=O)Cl. The van der Waals surface area contributed by atoms with Gasteiger partial charge in [-0.05, 0) is 0 Å². The first kappa shape index (κ1) is 29.4. The van der Waals surface area contributed by atoms with Gasteiger partial charge in [0.2, 0.25) is 0 Å². The molecule has 0 bridgehead atoms. The molecule has 0 aromatic carbocycles. The molecule has 28 heavy (non-hydrogen) atoms. The minimum absolute atomic E-state index is 0.937. The van der Waals surface area contributed by atoms with E-state index in [9.17, 15) is 33.7 Å². The van der Waals surface area contributed by atoms with Crippen LogP contribution in [0.4, 0.5) is 0 Å². The first-order valence-corrected chi connectivity index (χ1v) is 15.9. The van der Waals surface area contributed by atoms with Gasteiger partial charge in [-0.25, -0.2) is 8.37 Å². The molecule has 0 radical (unpaired) electrons. The van der Waals surface area contributed by atoms with Crippen molar-refractivity contribution in [1.29, 1.82) is 0 Å². The summed E-state index contributed by atoms with van der Waals surface area (Å²) < 4.78 is 107. The summed E-state index contributed by atoms with van der Waals surface area (Å²) in [5.41, 5.74) is 0. The molecule has 22 heteroatoms. The number of hydrogen-bond acceptors (Lipinski definition) is 12. The fourth-order valence-electron chi connectivity index (χ4n) is 1.55. The van der Waals surface area contributed by atoms with E-state index in [4.69, 9.17) is 65.9 Å². The second kappa shape index (κ2) is 11.3. The van der Waals surface area contributed by atoms with E-state index in [1.54, 1.807) is 0 Å². The van der Waals surface area contributed by atoms with Crippen LogP contribution in [0.3, 0.4) is 0 Å². The van der Waals surface area contributed by atoms with Gasteiger partial charge in [0.25, 0.3) is 0 Å². The van der Waals surface area contributed by atoms with E-state index in [-0.39, 0.29) is 0 Å². The Bertz CT molecular complexity index is 851. The summed E-state index contributed by atoms with van der Waals surface area (Å²) in [6.45, 7) is 0. The molecule has 0 aliphatic heterocycles. The van der Waals surface area contributed by atoms with Crippen LogP contribution in [0.1, 0.15) is 0 Å². The number of halogens is 6. The van der Waals surface area contributed by atoms with Crippen LogP contribution < -0.4 is 0 Å². The molecule has 0 amide bonds. The minimum atomic E-state index is -5.02. The highest BCUT2D eigenvalue weighted by atomic mass is 35.7. The van der Waals surface area contributed by atoms with Crippen molar-refractivity contribution in [2.75, 3.05) is 11.8 Å². The first-order chi connectivity index (χ1) is 12.3. The zero-order valence-corrected chi connectivity index (χ0v) is 20.3. The lowest BCUT2D eigenvalue weighted by molar-refractivity contribution is -0.0433. The number of alkyl halides is 2. The molecule has 0 spiro atoms. The molecule has 0 aromatic heterocycles. The highest BCUT2D eigenvalue weighted by molar-refractivity contribution is 8.10. The normalized spacial score (nSPS) is 18.4. The summed E-state index contributed by atoms with van der Waals surface area (Å²) in [7, 11) is -0.215. The smallest absolute Gasteiger partial charge is 0.250 e. The Labute approximate surface area is 188 Å². The average Bonchev–Trinajstić information content (AvgIpc) is 2.42. The number of hydrogen-bond donors (Lipinski definition) is 0. The third kappa shape index (κ3) is 13.6. The maximum atomic E-state index is 11.3. The Kier molecular flexibility index (Phi) is 11.9. The predicted molar refractivity (Wildman–Crippen MR) is 100 cm³/mol. The van der Waals surface area contributed by atoms with Crippen molar-refractivity contribution in [3.8, 4) is 0 Å². The Hall–Kier alpha value is 1.38. The van der Waals surface area contributed by atoms with E-state index >= 15 is 0 Å². The maximum absolute atomic E-state index is 11.3. The van der Waals surface area contributed by atoms with Gasteiger partial charge in [0.1, 0.15) is 24.4 Å². The second-order valence-corrected chi connectivity index (χ2v) is 13.3. The van der Waals surface area contributed by atoms with Gasteiger partial charge >= 0.3 is 37.3 Å². The molecule has 0 aliphatic rings. The molecule has 0 N–H and O–H groups in total. The summed E-state index contributed by atoms with van der Waals surface area (Å²) >= 11 is 10.9. The highest BCUT2D eigenvalue weighted by Gasteiger charge is 2.45. The van der Waals surface area contributed by atoms with Gasteiger partial charge in [-0.2, -0.15) is 33.7 Å². The predicted octanol–water partition coefficient (Wildman–Crippen LogP) is 0.939. The highest BCUT2D eigenvalue weighted by Crippen LogP contribution is 2.27. The van der Waals surface area contributed by atoms with Gasteiger partial charge in [0.05, 0.1) is 11.8 Å². The van der Waals surface area contributed by atoms with Crippen LogP contribution in [0.2, 0.25) is 0 Å². The largest absolute Gasteiger partial charge is 0.356 e. The summed E-state index contributed by atoms with van der Waals surface area (Å²) in [6.07, 6.45) is -9.12. The molecule has 0 aromatic rings. The van der Waals surface area contributed by atoms with Crippen molar-refractivity contribution in [1.82, 2.24) is 0 Å². The molecule has 170 valence electrons. The molecule has 0 saturated carbocycles. The van der Waals surface area contributed by atoms with Crippen molar-refractivity contribution in [2.45, 2.75) is 24.4 Å². The minimum Gasteiger partial charge on any atom is -0.250 e. The van der Waals surface area contributed by atoms with E-state index in [0.29, 0.717) is 0 Å². The van der Waals surface area contributed by atoms with Crippen LogP contribution in [0, 0.1) is 0 Å². The van der Waals surface area contributed by atoms with E-state index in [0.717, 1.165) is 0 Å². The van der Waals surface area contributed by atoms with Gasteiger partial charge < -0.3 is 0 Å². The maximum Gasteiger partial charge on any atom is 0.356 e. The lowest BCUT2D eigenvalue weighted by atomic mass is 10.1. The molecule has 0 unspecified atom stereocenters. The third-order valence-electron chi connectivity index (χ3n) is 2.29. The summed E-state index contributed by atoms with van der Waals surface area (Å²) in [5.74, 6) is -1.87. The Balaban J connectivity index is 6.47. The van der Waals surface area contributed by atoms with Crippen molar-refractivity contribution in [3.05, 3.63) is 0 Å². The second-order valence-electron chi connectivity index (χ2n) is 4.27. The molecule has 12 nitrogen and oxygen atoms in total. The molecule has 0 aliphatic carbocycles. The summed E-state index contributed by atoms with van der Waals surface area (Å²) in [5, 5.41) is 0. The van der Waals surface area contributed by atoms with Gasteiger partial charge in [0, 0.05) is 42.7 Å². The first-order valence-electron chi connectivity index (χ1n) is 5.91. The van der Waals surface area contributed by atoms with Crippen LogP contribution in [-0.2, 0) is 54.1 Å². The van der Waals surface area contributed by atoms with Crippen LogP contribution in [0.15, 0.2) is 0 Å². The molecule has 0 fully saturated rings. The standard InChI is InChI=1S/C6H8Cl6O12S4/c7-1-3(21-25(9,13)14)5(23-27(11,17)18)6(24-28(12,19)20)4(2-8)22-26(10,15)16/h3-6H,1-2H2/t3-,4-,5-,6-/m1/s1. The lowest BCUT2D eigenvalue weighted by Crippen LogP contribution is -2.52. The van der Waals surface area contributed by atoms with Gasteiger partial charge in [0.15, 0.2) is 0 Å². The summed E-state index contributed by atoms with van der Waals surface area (Å²) in [6, 6.07) is 0. The Morgan fingerprint density at radius 2 is 0.714 bits per heavy atom. The number of rotatable bonds is 13. The Morgan fingerprint density at radius 3 is 0.857 bits per heavy atom.